The van der Waals surface area contributed by atoms with Crippen LogP contribution in [-0.2, 0) is 9.47 Å². The number of morpholine rings is 1. The molecule has 7 heteroatoms. The summed E-state index contributed by atoms with van der Waals surface area (Å²) in [6.45, 7) is 10.4. The molecule has 4 rings (SSSR count). The fourth-order valence-corrected chi connectivity index (χ4v) is 6.26. The molecule has 0 bridgehead atoms. The third-order valence-electron chi connectivity index (χ3n) is 7.90. The number of guanidine groups is 1. The van der Waals surface area contributed by atoms with Crippen molar-refractivity contribution in [2.75, 3.05) is 46.5 Å². The molecule has 0 aromatic carbocycles. The SMILES string of the molecule is CN=C(NCC1(N2CCOCC2)CCCCC1)NC1C2CCCOC2C1(C)C.I. The summed E-state index contributed by atoms with van der Waals surface area (Å²) in [5.41, 5.74) is 0.417. The summed E-state index contributed by atoms with van der Waals surface area (Å²) in [6.07, 6.45) is 9.45. The smallest absolute Gasteiger partial charge is 0.191 e. The molecular formula is C22H41IN4O2. The number of rotatable bonds is 4. The lowest BCUT2D eigenvalue weighted by atomic mass is 9.55. The van der Waals surface area contributed by atoms with Gasteiger partial charge in [-0.1, -0.05) is 33.1 Å². The van der Waals surface area contributed by atoms with E-state index in [0.717, 1.165) is 45.4 Å². The maximum Gasteiger partial charge on any atom is 0.191 e. The molecule has 2 saturated heterocycles. The first-order chi connectivity index (χ1) is 13.6. The molecule has 4 aliphatic rings. The summed E-state index contributed by atoms with van der Waals surface area (Å²) in [7, 11) is 1.90. The highest BCUT2D eigenvalue weighted by molar-refractivity contribution is 14.0. The van der Waals surface area contributed by atoms with Crippen molar-refractivity contribution >= 4 is 29.9 Å². The summed E-state index contributed by atoms with van der Waals surface area (Å²) >= 11 is 0. The Morgan fingerprint density at radius 3 is 2.48 bits per heavy atom. The summed E-state index contributed by atoms with van der Waals surface area (Å²) in [4.78, 5) is 7.27. The van der Waals surface area contributed by atoms with Crippen LogP contribution in [0, 0.1) is 11.3 Å². The van der Waals surface area contributed by atoms with E-state index >= 15 is 0 Å². The topological polar surface area (TPSA) is 58.1 Å². The lowest BCUT2D eigenvalue weighted by Crippen LogP contribution is -2.71. The van der Waals surface area contributed by atoms with E-state index in [9.17, 15) is 0 Å². The Morgan fingerprint density at radius 2 is 1.79 bits per heavy atom. The summed E-state index contributed by atoms with van der Waals surface area (Å²) in [5, 5.41) is 7.49. The van der Waals surface area contributed by atoms with Gasteiger partial charge >= 0.3 is 0 Å². The number of hydrogen-bond acceptors (Lipinski definition) is 4. The first-order valence-corrected chi connectivity index (χ1v) is 11.5. The Kier molecular flexibility index (Phi) is 8.12. The van der Waals surface area contributed by atoms with Crippen LogP contribution in [0.3, 0.4) is 0 Å². The number of nitrogens with one attached hydrogen (secondary N) is 2. The van der Waals surface area contributed by atoms with Crippen molar-refractivity contribution in [3.8, 4) is 0 Å². The molecule has 168 valence electrons. The molecule has 0 aromatic heterocycles. The molecule has 0 radical (unpaired) electrons. The van der Waals surface area contributed by atoms with Crippen molar-refractivity contribution in [2.24, 2.45) is 16.3 Å². The molecular weight excluding hydrogens is 479 g/mol. The Morgan fingerprint density at radius 1 is 1.07 bits per heavy atom. The van der Waals surface area contributed by atoms with Crippen molar-refractivity contribution in [3.63, 3.8) is 0 Å². The highest BCUT2D eigenvalue weighted by atomic mass is 127. The van der Waals surface area contributed by atoms with Crippen molar-refractivity contribution in [2.45, 2.75) is 76.5 Å². The summed E-state index contributed by atoms with van der Waals surface area (Å²) in [6, 6.07) is 0.440. The van der Waals surface area contributed by atoms with Gasteiger partial charge in [0.15, 0.2) is 5.96 Å². The van der Waals surface area contributed by atoms with Gasteiger partial charge in [-0.05, 0) is 25.7 Å². The van der Waals surface area contributed by atoms with E-state index < -0.39 is 0 Å². The number of halogens is 1. The van der Waals surface area contributed by atoms with E-state index in [1.807, 2.05) is 7.05 Å². The minimum Gasteiger partial charge on any atom is -0.379 e. The zero-order chi connectivity index (χ0) is 19.6. The number of aliphatic imine (C=N–C) groups is 1. The first-order valence-electron chi connectivity index (χ1n) is 11.5. The quantitative estimate of drug-likeness (QED) is 0.339. The van der Waals surface area contributed by atoms with E-state index in [-0.39, 0.29) is 34.9 Å². The van der Waals surface area contributed by atoms with Gasteiger partial charge in [0, 0.05) is 56.2 Å². The van der Waals surface area contributed by atoms with Crippen molar-refractivity contribution in [1.82, 2.24) is 15.5 Å². The fourth-order valence-electron chi connectivity index (χ4n) is 6.26. The fraction of sp³-hybridized carbons (Fsp3) is 0.955. The molecule has 0 aromatic rings. The molecule has 29 heavy (non-hydrogen) atoms. The minimum atomic E-state index is 0. The highest BCUT2D eigenvalue weighted by Gasteiger charge is 2.58. The molecule has 0 amide bonds. The second kappa shape index (κ2) is 10.0. The van der Waals surface area contributed by atoms with Gasteiger partial charge in [0.1, 0.15) is 0 Å². The van der Waals surface area contributed by atoms with Crippen LogP contribution in [0.2, 0.25) is 0 Å². The molecule has 4 fully saturated rings. The predicted molar refractivity (Wildman–Crippen MR) is 128 cm³/mol. The van der Waals surface area contributed by atoms with E-state index in [0.29, 0.717) is 18.1 Å². The second-order valence-corrected chi connectivity index (χ2v) is 9.85. The molecule has 3 unspecified atom stereocenters. The molecule has 0 spiro atoms. The summed E-state index contributed by atoms with van der Waals surface area (Å²) < 4.78 is 11.7. The first kappa shape index (κ1) is 23.5. The highest BCUT2D eigenvalue weighted by Crippen LogP contribution is 2.51. The summed E-state index contributed by atoms with van der Waals surface area (Å²) in [5.74, 6) is 1.57. The molecule has 2 aliphatic carbocycles. The van der Waals surface area contributed by atoms with Crippen LogP contribution in [0.4, 0.5) is 0 Å². The van der Waals surface area contributed by atoms with E-state index in [4.69, 9.17) is 9.47 Å². The van der Waals surface area contributed by atoms with Crippen LogP contribution in [0.15, 0.2) is 4.99 Å². The zero-order valence-corrected chi connectivity index (χ0v) is 20.9. The van der Waals surface area contributed by atoms with Crippen molar-refractivity contribution in [1.29, 1.82) is 0 Å². The Balaban J connectivity index is 0.00000240. The van der Waals surface area contributed by atoms with Crippen LogP contribution in [0.1, 0.15) is 58.8 Å². The number of nitrogens with zero attached hydrogens (tertiary/aromatic N) is 2. The average Bonchev–Trinajstić information content (AvgIpc) is 2.75. The number of ether oxygens (including phenoxy) is 2. The van der Waals surface area contributed by atoms with Gasteiger partial charge in [0.2, 0.25) is 0 Å². The average molecular weight is 521 g/mol. The third-order valence-corrected chi connectivity index (χ3v) is 7.90. The predicted octanol–water partition coefficient (Wildman–Crippen LogP) is 3.01. The number of hydrogen-bond donors (Lipinski definition) is 2. The molecule has 2 heterocycles. The van der Waals surface area contributed by atoms with E-state index in [1.165, 1.54) is 44.9 Å². The van der Waals surface area contributed by atoms with Gasteiger partial charge < -0.3 is 20.1 Å². The van der Waals surface area contributed by atoms with E-state index in [2.05, 4.69) is 34.4 Å². The molecule has 2 N–H and O–H groups in total. The van der Waals surface area contributed by atoms with Crippen molar-refractivity contribution < 1.29 is 9.47 Å². The van der Waals surface area contributed by atoms with Crippen LogP contribution >= 0.6 is 24.0 Å². The van der Waals surface area contributed by atoms with Gasteiger partial charge in [-0.2, -0.15) is 0 Å². The maximum absolute atomic E-state index is 6.07. The normalized spacial score (nSPS) is 34.3. The molecule has 2 aliphatic heterocycles. The zero-order valence-electron chi connectivity index (χ0n) is 18.5. The Bertz CT molecular complexity index is 559. The van der Waals surface area contributed by atoms with E-state index in [1.54, 1.807) is 0 Å². The van der Waals surface area contributed by atoms with Gasteiger partial charge in [0.05, 0.1) is 19.3 Å². The standard InChI is InChI=1S/C22H40N4O2.HI/c1-21(2)18(17-8-7-13-28-19(17)21)25-20(23-3)24-16-22(9-5-4-6-10-22)26-11-14-27-15-12-26;/h17-19H,4-16H2,1-3H3,(H2,23,24,25);1H. The lowest BCUT2D eigenvalue weighted by molar-refractivity contribution is -0.188. The Hall–Kier alpha value is -0.120. The van der Waals surface area contributed by atoms with Crippen LogP contribution in [0.25, 0.3) is 0 Å². The monoisotopic (exact) mass is 520 g/mol. The minimum absolute atomic E-state index is 0. The van der Waals surface area contributed by atoms with Crippen LogP contribution in [0.5, 0.6) is 0 Å². The van der Waals surface area contributed by atoms with Crippen molar-refractivity contribution in [3.05, 3.63) is 0 Å². The van der Waals surface area contributed by atoms with Gasteiger partial charge in [-0.3, -0.25) is 9.89 Å². The molecule has 2 saturated carbocycles. The largest absolute Gasteiger partial charge is 0.379 e. The maximum atomic E-state index is 6.07. The third kappa shape index (κ3) is 4.72. The Labute approximate surface area is 194 Å². The lowest BCUT2D eigenvalue weighted by Gasteiger charge is -2.60. The molecule has 6 nitrogen and oxygen atoms in total. The van der Waals surface area contributed by atoms with Crippen LogP contribution < -0.4 is 10.6 Å². The van der Waals surface area contributed by atoms with Crippen LogP contribution in [-0.4, -0.2) is 75.0 Å². The van der Waals surface area contributed by atoms with Gasteiger partial charge in [-0.15, -0.1) is 24.0 Å². The second-order valence-electron chi connectivity index (χ2n) is 9.85. The van der Waals surface area contributed by atoms with Gasteiger partial charge in [0.25, 0.3) is 0 Å². The van der Waals surface area contributed by atoms with Gasteiger partial charge in [-0.25, -0.2) is 0 Å². The number of fused-ring (bicyclic) bond motifs is 1. The molecule has 3 atom stereocenters.